The highest BCUT2D eigenvalue weighted by molar-refractivity contribution is 5.84. The lowest BCUT2D eigenvalue weighted by atomic mass is 10.1. The third-order valence-electron chi connectivity index (χ3n) is 8.44. The minimum absolute atomic E-state index is 0.0495. The van der Waals surface area contributed by atoms with Crippen molar-refractivity contribution in [2.75, 3.05) is 84.4 Å². The van der Waals surface area contributed by atoms with Crippen LogP contribution in [-0.2, 0) is 25.7 Å². The first kappa shape index (κ1) is 45.8. The van der Waals surface area contributed by atoms with Crippen LogP contribution in [0.1, 0.15) is 79.1 Å². The van der Waals surface area contributed by atoms with E-state index in [9.17, 15) is 19.2 Å². The summed E-state index contributed by atoms with van der Waals surface area (Å²) < 4.78 is 4.65. The molecule has 1 saturated heterocycles. The Bertz CT molecular complexity index is 1620. The van der Waals surface area contributed by atoms with Gasteiger partial charge in [-0.05, 0) is 98.7 Å². The van der Waals surface area contributed by atoms with Crippen LogP contribution in [0.2, 0.25) is 0 Å². The van der Waals surface area contributed by atoms with E-state index in [1.165, 1.54) is 7.11 Å². The molecular formula is C42H65N9O5. The molecular weight excluding hydrogens is 711 g/mol. The van der Waals surface area contributed by atoms with E-state index >= 15 is 0 Å². The summed E-state index contributed by atoms with van der Waals surface area (Å²) in [4.78, 5) is 64.4. The molecule has 2 aromatic rings. The number of methoxy groups -OCH3 is 1. The van der Waals surface area contributed by atoms with Gasteiger partial charge in [-0.2, -0.15) is 0 Å². The Morgan fingerprint density at radius 3 is 1.39 bits per heavy atom. The molecule has 1 fully saturated rings. The van der Waals surface area contributed by atoms with Crippen LogP contribution in [0.3, 0.4) is 0 Å². The Labute approximate surface area is 334 Å². The standard InChI is InChI=1S/C42H65N9O5/c1-40(2,3)45-36(52)29-49-21-19-48(28-35-27-33(17-18-43-35)12-11-32-13-15-34(16-14-32)44-39(55)56-10)20-22-50(30-37(53)46-41(4,5)6)24-26-51(25-23-49)31-38(54)47-42(7,8)9/h13-18,27H,19-26,28-31H2,1-10H3,(H,44,55)(H,45,52)(H,46,53)(H,47,54). The fraction of sp³-hybridized carbons (Fsp3) is 0.595. The number of carbonyl (C=O) groups is 4. The molecule has 56 heavy (non-hydrogen) atoms. The Morgan fingerprint density at radius 2 is 1.00 bits per heavy atom. The van der Waals surface area contributed by atoms with Crippen LogP contribution in [0.4, 0.5) is 10.5 Å². The van der Waals surface area contributed by atoms with E-state index in [4.69, 9.17) is 0 Å². The Balaban J connectivity index is 1.85. The third-order valence-corrected chi connectivity index (χ3v) is 8.44. The van der Waals surface area contributed by atoms with Crippen molar-refractivity contribution in [3.05, 3.63) is 59.4 Å². The van der Waals surface area contributed by atoms with E-state index in [-0.39, 0.29) is 54.0 Å². The molecule has 3 rings (SSSR count). The monoisotopic (exact) mass is 776 g/mol. The Morgan fingerprint density at radius 1 is 0.607 bits per heavy atom. The zero-order valence-electron chi connectivity index (χ0n) is 35.3. The number of pyridine rings is 1. The minimum atomic E-state index is -0.535. The number of nitrogens with one attached hydrogen (secondary N) is 4. The molecule has 4 N–H and O–H groups in total. The third kappa shape index (κ3) is 19.4. The van der Waals surface area contributed by atoms with Crippen LogP contribution in [0.15, 0.2) is 42.6 Å². The normalized spacial score (nSPS) is 16.0. The topological polar surface area (TPSA) is 151 Å². The maximum absolute atomic E-state index is 13.2. The molecule has 0 unspecified atom stereocenters. The molecule has 0 radical (unpaired) electrons. The first-order chi connectivity index (χ1) is 26.1. The Hall–Kier alpha value is -4.55. The first-order valence-electron chi connectivity index (χ1n) is 19.4. The summed E-state index contributed by atoms with van der Waals surface area (Å²) in [5.41, 5.74) is 1.99. The number of hydrogen-bond acceptors (Lipinski definition) is 10. The summed E-state index contributed by atoms with van der Waals surface area (Å²) in [5, 5.41) is 11.9. The van der Waals surface area contributed by atoms with Gasteiger partial charge in [0.25, 0.3) is 0 Å². The predicted molar refractivity (Wildman–Crippen MR) is 221 cm³/mol. The number of carbonyl (C=O) groups excluding carboxylic acids is 4. The van der Waals surface area contributed by atoms with Gasteiger partial charge in [0.15, 0.2) is 0 Å². The van der Waals surface area contributed by atoms with Crippen molar-refractivity contribution in [2.24, 2.45) is 0 Å². The quantitative estimate of drug-likeness (QED) is 0.280. The highest BCUT2D eigenvalue weighted by Gasteiger charge is 2.24. The van der Waals surface area contributed by atoms with Crippen molar-refractivity contribution in [1.29, 1.82) is 0 Å². The van der Waals surface area contributed by atoms with Crippen molar-refractivity contribution in [3.63, 3.8) is 0 Å². The van der Waals surface area contributed by atoms with Gasteiger partial charge in [0.05, 0.1) is 32.4 Å². The molecule has 1 aliphatic heterocycles. The lowest BCUT2D eigenvalue weighted by Gasteiger charge is -2.34. The van der Waals surface area contributed by atoms with Crippen molar-refractivity contribution >= 4 is 29.5 Å². The fourth-order valence-electron chi connectivity index (χ4n) is 6.02. The van der Waals surface area contributed by atoms with Crippen molar-refractivity contribution in [3.8, 4) is 11.8 Å². The number of ether oxygens (including phenoxy) is 1. The fourth-order valence-corrected chi connectivity index (χ4v) is 6.02. The number of anilines is 1. The highest BCUT2D eigenvalue weighted by atomic mass is 16.5. The van der Waals surface area contributed by atoms with E-state index in [0.29, 0.717) is 64.6 Å². The van der Waals surface area contributed by atoms with Gasteiger partial charge in [-0.25, -0.2) is 4.79 Å². The molecule has 0 aliphatic carbocycles. The summed E-state index contributed by atoms with van der Waals surface area (Å²) in [7, 11) is 1.32. The van der Waals surface area contributed by atoms with Gasteiger partial charge in [0.1, 0.15) is 0 Å². The van der Waals surface area contributed by atoms with Crippen LogP contribution in [0.25, 0.3) is 0 Å². The molecule has 14 nitrogen and oxygen atoms in total. The highest BCUT2D eigenvalue weighted by Crippen LogP contribution is 2.11. The molecule has 2 heterocycles. The molecule has 0 spiro atoms. The zero-order chi connectivity index (χ0) is 41.5. The minimum Gasteiger partial charge on any atom is -0.453 e. The molecule has 4 amide bonds. The average Bonchev–Trinajstić information content (AvgIpc) is 3.06. The number of aromatic nitrogens is 1. The van der Waals surface area contributed by atoms with Gasteiger partial charge in [0, 0.05) is 98.5 Å². The molecule has 1 aromatic heterocycles. The number of amides is 4. The van der Waals surface area contributed by atoms with Crippen LogP contribution in [0.5, 0.6) is 0 Å². The smallest absolute Gasteiger partial charge is 0.411 e. The van der Waals surface area contributed by atoms with Gasteiger partial charge < -0.3 is 20.7 Å². The van der Waals surface area contributed by atoms with Gasteiger partial charge in [0.2, 0.25) is 17.7 Å². The lowest BCUT2D eigenvalue weighted by Crippen LogP contribution is -2.53. The van der Waals surface area contributed by atoms with E-state index in [1.807, 2.05) is 86.6 Å². The van der Waals surface area contributed by atoms with E-state index in [2.05, 4.69) is 62.4 Å². The molecule has 0 saturated carbocycles. The summed E-state index contributed by atoms with van der Waals surface area (Å²) in [5.74, 6) is 6.26. The predicted octanol–water partition coefficient (Wildman–Crippen LogP) is 3.13. The van der Waals surface area contributed by atoms with E-state index in [1.54, 1.807) is 18.3 Å². The summed E-state index contributed by atoms with van der Waals surface area (Å²) >= 11 is 0. The number of nitrogens with zero attached hydrogens (tertiary/aromatic N) is 5. The number of rotatable bonds is 9. The first-order valence-corrected chi connectivity index (χ1v) is 19.4. The Kier molecular flexibility index (Phi) is 17.3. The maximum atomic E-state index is 13.2. The van der Waals surface area contributed by atoms with E-state index < -0.39 is 6.09 Å². The van der Waals surface area contributed by atoms with Gasteiger partial charge >= 0.3 is 6.09 Å². The SMILES string of the molecule is COC(=O)Nc1ccc(C#Cc2ccnc(CN3CCN(CC(=O)NC(C)(C)C)CCN(CC(=O)NC(C)(C)C)CCN(CC(=O)NC(C)(C)C)CC3)c2)cc1. The molecule has 308 valence electrons. The van der Waals surface area contributed by atoms with E-state index in [0.717, 1.165) is 16.8 Å². The number of hydrogen-bond donors (Lipinski definition) is 4. The molecule has 0 bridgehead atoms. The van der Waals surface area contributed by atoms with Crippen molar-refractivity contribution in [1.82, 2.24) is 40.5 Å². The van der Waals surface area contributed by atoms with Crippen molar-refractivity contribution < 1.29 is 23.9 Å². The number of benzene rings is 1. The maximum Gasteiger partial charge on any atom is 0.411 e. The van der Waals surface area contributed by atoms with Crippen LogP contribution in [-0.4, -0.2) is 144 Å². The second-order valence-electron chi connectivity index (χ2n) is 17.5. The largest absolute Gasteiger partial charge is 0.453 e. The average molecular weight is 776 g/mol. The molecule has 1 aliphatic rings. The molecule has 14 heteroatoms. The summed E-state index contributed by atoms with van der Waals surface area (Å²) in [6, 6.07) is 11.1. The molecule has 1 aromatic carbocycles. The van der Waals surface area contributed by atoms with Crippen molar-refractivity contribution in [2.45, 2.75) is 85.5 Å². The second-order valence-corrected chi connectivity index (χ2v) is 17.5. The summed E-state index contributed by atoms with van der Waals surface area (Å²) in [6.07, 6.45) is 1.22. The van der Waals surface area contributed by atoms with Crippen LogP contribution >= 0.6 is 0 Å². The zero-order valence-corrected chi connectivity index (χ0v) is 35.3. The summed E-state index contributed by atoms with van der Waals surface area (Å²) in [6.45, 7) is 23.8. The van der Waals surface area contributed by atoms with Crippen LogP contribution < -0.4 is 21.3 Å². The van der Waals surface area contributed by atoms with Gasteiger partial charge in [-0.15, -0.1) is 0 Å². The van der Waals surface area contributed by atoms with Crippen LogP contribution in [0, 0.1) is 11.8 Å². The second kappa shape index (κ2) is 21.1. The molecule has 0 atom stereocenters. The lowest BCUT2D eigenvalue weighted by molar-refractivity contribution is -0.125. The van der Waals surface area contributed by atoms with Gasteiger partial charge in [-0.1, -0.05) is 11.8 Å². The van der Waals surface area contributed by atoms with Gasteiger partial charge in [-0.3, -0.25) is 44.3 Å².